The van der Waals surface area contributed by atoms with Crippen LogP contribution in [0.2, 0.25) is 0 Å². The Morgan fingerprint density at radius 1 is 1.50 bits per heavy atom. The lowest BCUT2D eigenvalue weighted by Crippen LogP contribution is -2.45. The molecule has 0 aliphatic heterocycles. The zero-order chi connectivity index (χ0) is 13.7. The van der Waals surface area contributed by atoms with Crippen LogP contribution in [0.15, 0.2) is 18.5 Å². The van der Waals surface area contributed by atoms with Crippen molar-refractivity contribution in [2.45, 2.75) is 33.2 Å². The number of carboxylic acid groups (broad SMARTS) is 1. The van der Waals surface area contributed by atoms with Gasteiger partial charge in [-0.1, -0.05) is 20.3 Å². The van der Waals surface area contributed by atoms with Crippen molar-refractivity contribution >= 4 is 11.9 Å². The predicted molar refractivity (Wildman–Crippen MR) is 67.3 cm³/mol. The number of carboxylic acids is 1. The minimum absolute atomic E-state index is 0.122. The van der Waals surface area contributed by atoms with E-state index in [0.29, 0.717) is 12.0 Å². The Hall–Kier alpha value is -1.91. The Kier molecular flexibility index (Phi) is 4.83. The van der Waals surface area contributed by atoms with Crippen molar-refractivity contribution in [3.05, 3.63) is 29.6 Å². The third-order valence-electron chi connectivity index (χ3n) is 3.05. The van der Waals surface area contributed by atoms with Crippen molar-refractivity contribution in [3.63, 3.8) is 0 Å². The number of nitrogens with one attached hydrogen (secondary N) is 1. The fraction of sp³-hybridized carbons (Fsp3) is 0.462. The summed E-state index contributed by atoms with van der Waals surface area (Å²) in [4.78, 5) is 27.0. The molecule has 0 aromatic carbocycles. The van der Waals surface area contributed by atoms with Crippen LogP contribution in [0.1, 0.15) is 36.2 Å². The second-order valence-electron chi connectivity index (χ2n) is 4.37. The van der Waals surface area contributed by atoms with Gasteiger partial charge in [0.25, 0.3) is 5.91 Å². The highest BCUT2D eigenvalue weighted by atomic mass is 16.4. The molecule has 0 radical (unpaired) electrons. The largest absolute Gasteiger partial charge is 0.480 e. The lowest BCUT2D eigenvalue weighted by atomic mass is 9.98. The van der Waals surface area contributed by atoms with E-state index in [2.05, 4.69) is 10.3 Å². The van der Waals surface area contributed by atoms with Crippen LogP contribution in [-0.4, -0.2) is 28.0 Å². The molecule has 0 saturated heterocycles. The zero-order valence-corrected chi connectivity index (χ0v) is 10.8. The smallest absolute Gasteiger partial charge is 0.326 e. The maximum atomic E-state index is 12.0. The topological polar surface area (TPSA) is 79.3 Å². The molecule has 5 nitrogen and oxygen atoms in total. The quantitative estimate of drug-likeness (QED) is 0.832. The van der Waals surface area contributed by atoms with Gasteiger partial charge in [-0.3, -0.25) is 9.78 Å². The Bertz CT molecular complexity index is 446. The molecule has 0 spiro atoms. The summed E-state index contributed by atoms with van der Waals surface area (Å²) in [7, 11) is 0. The van der Waals surface area contributed by atoms with Gasteiger partial charge in [-0.15, -0.1) is 0 Å². The standard InChI is InChI=1S/C13H18N2O3/c1-4-8(2)11(13(17)18)15-12(16)10-7-14-6-5-9(10)3/h5-8,11H,4H2,1-3H3,(H,15,16)(H,17,18)/t8-,11-/m0/s1. The van der Waals surface area contributed by atoms with E-state index in [1.54, 1.807) is 26.1 Å². The van der Waals surface area contributed by atoms with Crippen molar-refractivity contribution in [3.8, 4) is 0 Å². The first-order valence-electron chi connectivity index (χ1n) is 5.91. The number of nitrogens with zero attached hydrogens (tertiary/aromatic N) is 1. The van der Waals surface area contributed by atoms with Gasteiger partial charge in [0, 0.05) is 12.4 Å². The molecule has 0 bridgehead atoms. The van der Waals surface area contributed by atoms with Crippen LogP contribution < -0.4 is 5.32 Å². The molecular weight excluding hydrogens is 232 g/mol. The van der Waals surface area contributed by atoms with Gasteiger partial charge in [-0.2, -0.15) is 0 Å². The van der Waals surface area contributed by atoms with Crippen molar-refractivity contribution in [1.29, 1.82) is 0 Å². The van der Waals surface area contributed by atoms with Crippen LogP contribution in [0.4, 0.5) is 0 Å². The molecule has 98 valence electrons. The molecule has 1 amide bonds. The van der Waals surface area contributed by atoms with E-state index in [0.717, 1.165) is 5.56 Å². The summed E-state index contributed by atoms with van der Waals surface area (Å²) in [6, 6.07) is 0.843. The van der Waals surface area contributed by atoms with Crippen LogP contribution in [0.5, 0.6) is 0 Å². The fourth-order valence-corrected chi connectivity index (χ4v) is 1.60. The molecule has 2 atom stereocenters. The number of hydrogen-bond acceptors (Lipinski definition) is 3. The van der Waals surface area contributed by atoms with Crippen LogP contribution in [0, 0.1) is 12.8 Å². The highest BCUT2D eigenvalue weighted by Crippen LogP contribution is 2.10. The average Bonchev–Trinajstić information content (AvgIpc) is 2.35. The molecule has 1 heterocycles. The molecule has 1 aromatic rings. The molecule has 1 rings (SSSR count). The van der Waals surface area contributed by atoms with E-state index in [-0.39, 0.29) is 5.92 Å². The zero-order valence-electron chi connectivity index (χ0n) is 10.8. The van der Waals surface area contributed by atoms with Crippen LogP contribution in [0.3, 0.4) is 0 Å². The van der Waals surface area contributed by atoms with E-state index in [1.807, 2.05) is 6.92 Å². The maximum Gasteiger partial charge on any atom is 0.326 e. The van der Waals surface area contributed by atoms with Gasteiger partial charge in [0.2, 0.25) is 0 Å². The van der Waals surface area contributed by atoms with E-state index < -0.39 is 17.9 Å². The lowest BCUT2D eigenvalue weighted by Gasteiger charge is -2.20. The minimum atomic E-state index is -1.01. The second kappa shape index (κ2) is 6.14. The van der Waals surface area contributed by atoms with Gasteiger partial charge < -0.3 is 10.4 Å². The maximum absolute atomic E-state index is 12.0. The predicted octanol–water partition coefficient (Wildman–Crippen LogP) is 1.62. The number of carbonyl (C=O) groups excluding carboxylic acids is 1. The summed E-state index contributed by atoms with van der Waals surface area (Å²) in [5.41, 5.74) is 1.18. The summed E-state index contributed by atoms with van der Waals surface area (Å²) in [5.74, 6) is -1.53. The lowest BCUT2D eigenvalue weighted by molar-refractivity contribution is -0.140. The number of amides is 1. The van der Waals surface area contributed by atoms with Gasteiger partial charge in [0.1, 0.15) is 6.04 Å². The molecule has 0 unspecified atom stereocenters. The summed E-state index contributed by atoms with van der Waals surface area (Å²) in [6.45, 7) is 5.48. The number of hydrogen-bond donors (Lipinski definition) is 2. The molecule has 0 saturated carbocycles. The molecule has 5 heteroatoms. The Morgan fingerprint density at radius 2 is 2.17 bits per heavy atom. The molecule has 0 aliphatic rings. The molecule has 0 aliphatic carbocycles. The van der Waals surface area contributed by atoms with Crippen LogP contribution in [0.25, 0.3) is 0 Å². The van der Waals surface area contributed by atoms with Crippen molar-refractivity contribution < 1.29 is 14.7 Å². The van der Waals surface area contributed by atoms with Gasteiger partial charge >= 0.3 is 5.97 Å². The molecule has 1 aromatic heterocycles. The third-order valence-corrected chi connectivity index (χ3v) is 3.05. The normalized spacial score (nSPS) is 13.7. The Morgan fingerprint density at radius 3 is 2.67 bits per heavy atom. The Labute approximate surface area is 106 Å². The Balaban J connectivity index is 2.86. The van der Waals surface area contributed by atoms with Crippen LogP contribution in [-0.2, 0) is 4.79 Å². The highest BCUT2D eigenvalue weighted by Gasteiger charge is 2.26. The summed E-state index contributed by atoms with van der Waals surface area (Å²) in [6.07, 6.45) is 3.72. The minimum Gasteiger partial charge on any atom is -0.480 e. The number of rotatable bonds is 5. The molecule has 18 heavy (non-hydrogen) atoms. The molecular formula is C13H18N2O3. The van der Waals surface area contributed by atoms with E-state index in [4.69, 9.17) is 5.11 Å². The summed E-state index contributed by atoms with van der Waals surface area (Å²) >= 11 is 0. The first-order valence-corrected chi connectivity index (χ1v) is 5.91. The first-order chi connectivity index (χ1) is 8.47. The highest BCUT2D eigenvalue weighted by molar-refractivity contribution is 5.97. The van der Waals surface area contributed by atoms with Crippen molar-refractivity contribution in [2.24, 2.45) is 5.92 Å². The molecule has 2 N–H and O–H groups in total. The van der Waals surface area contributed by atoms with E-state index >= 15 is 0 Å². The van der Waals surface area contributed by atoms with E-state index in [1.165, 1.54) is 6.20 Å². The number of pyridine rings is 1. The number of carbonyl (C=O) groups is 2. The average molecular weight is 250 g/mol. The van der Waals surface area contributed by atoms with Crippen molar-refractivity contribution in [1.82, 2.24) is 10.3 Å². The van der Waals surface area contributed by atoms with Crippen molar-refractivity contribution in [2.75, 3.05) is 0 Å². The first kappa shape index (κ1) is 14.2. The summed E-state index contributed by atoms with van der Waals surface area (Å²) in [5, 5.41) is 11.7. The molecule has 0 fully saturated rings. The number of aryl methyl sites for hydroxylation is 1. The SMILES string of the molecule is CC[C@H](C)[C@H](NC(=O)c1cnccc1C)C(=O)O. The summed E-state index contributed by atoms with van der Waals surface area (Å²) < 4.78 is 0. The van der Waals surface area contributed by atoms with Gasteiger partial charge in [0.15, 0.2) is 0 Å². The second-order valence-corrected chi connectivity index (χ2v) is 4.37. The third kappa shape index (κ3) is 3.29. The van der Waals surface area contributed by atoms with Gasteiger partial charge in [0.05, 0.1) is 5.56 Å². The fourth-order valence-electron chi connectivity index (χ4n) is 1.60. The van der Waals surface area contributed by atoms with E-state index in [9.17, 15) is 9.59 Å². The monoisotopic (exact) mass is 250 g/mol. The van der Waals surface area contributed by atoms with Gasteiger partial charge in [-0.25, -0.2) is 4.79 Å². The number of aliphatic carboxylic acids is 1. The van der Waals surface area contributed by atoms with Crippen LogP contribution >= 0.6 is 0 Å². The van der Waals surface area contributed by atoms with Gasteiger partial charge in [-0.05, 0) is 24.5 Å². The number of aromatic nitrogens is 1.